The Bertz CT molecular complexity index is 1420. The van der Waals surface area contributed by atoms with E-state index in [1.165, 1.54) is 6.33 Å². The molecule has 0 radical (unpaired) electrons. The Balaban J connectivity index is 1.06. The lowest BCUT2D eigenvalue weighted by atomic mass is 9.50. The number of rotatable bonds is 6. The molecular weight excluding hydrogens is 465 g/mol. The second-order valence-electron chi connectivity index (χ2n) is 10.0. The van der Waals surface area contributed by atoms with E-state index in [1.54, 1.807) is 35.3 Å². The number of carbonyl (C=O) groups excluding carboxylic acids is 1. The Hall–Kier alpha value is -4.09. The molecule has 4 saturated carbocycles. The maximum Gasteiger partial charge on any atom is 0.407 e. The summed E-state index contributed by atoms with van der Waals surface area (Å²) in [5.41, 5.74) is 2.66. The molecule has 0 spiro atoms. The number of nitrogens with one attached hydrogen (secondary N) is 3. The maximum atomic E-state index is 15.3. The van der Waals surface area contributed by atoms with Crippen LogP contribution in [0.5, 0.6) is 0 Å². The topological polar surface area (TPSA) is 135 Å². The van der Waals surface area contributed by atoms with Gasteiger partial charge < -0.3 is 15.4 Å². The molecule has 4 aliphatic carbocycles. The Labute approximate surface area is 204 Å². The van der Waals surface area contributed by atoms with Crippen LogP contribution in [0.25, 0.3) is 16.9 Å². The van der Waals surface area contributed by atoms with Gasteiger partial charge in [0.05, 0.1) is 5.69 Å². The quantitative estimate of drug-likeness (QED) is 0.374. The molecule has 0 saturated heterocycles. The van der Waals surface area contributed by atoms with Crippen LogP contribution in [0.2, 0.25) is 0 Å². The predicted molar refractivity (Wildman–Crippen MR) is 126 cm³/mol. The van der Waals surface area contributed by atoms with Gasteiger partial charge in [0.15, 0.2) is 5.82 Å². The predicted octanol–water partition coefficient (Wildman–Crippen LogP) is 3.52. The number of alkyl carbamates (subject to hydrolysis) is 1. The minimum atomic E-state index is -1.31. The Kier molecular flexibility index (Phi) is 4.70. The zero-order chi connectivity index (χ0) is 24.3. The SMILES string of the molecule is O=C(NC12CC(C1)C2)O[C@@H]1CC[C@H](c2cc(Nc3nc(-c4cncnc4)cc4nccn34)n[nH]2)[C@H]1F. The van der Waals surface area contributed by atoms with E-state index >= 15 is 4.39 Å². The third-order valence-corrected chi connectivity index (χ3v) is 7.65. The van der Waals surface area contributed by atoms with Gasteiger partial charge in [-0.15, -0.1) is 0 Å². The summed E-state index contributed by atoms with van der Waals surface area (Å²) in [6.45, 7) is 0. The van der Waals surface area contributed by atoms with Crippen LogP contribution in [0.4, 0.5) is 21.0 Å². The number of fused-ring (bicyclic) bond motifs is 1. The zero-order valence-corrected chi connectivity index (χ0v) is 19.3. The highest BCUT2D eigenvalue weighted by Crippen LogP contribution is 2.57. The zero-order valence-electron chi connectivity index (χ0n) is 19.3. The molecular formula is C24H24FN9O2. The van der Waals surface area contributed by atoms with Gasteiger partial charge in [0, 0.05) is 59.6 Å². The normalized spacial score (nSPS) is 28.4. The van der Waals surface area contributed by atoms with Crippen molar-refractivity contribution in [1.82, 2.24) is 39.9 Å². The number of amides is 1. The van der Waals surface area contributed by atoms with Crippen LogP contribution in [0.15, 0.2) is 43.2 Å². The second kappa shape index (κ2) is 7.97. The van der Waals surface area contributed by atoms with Gasteiger partial charge in [-0.3, -0.25) is 9.50 Å². The van der Waals surface area contributed by atoms with Gasteiger partial charge >= 0.3 is 6.09 Å². The molecule has 184 valence electrons. The van der Waals surface area contributed by atoms with Gasteiger partial charge in [0.2, 0.25) is 5.95 Å². The summed E-state index contributed by atoms with van der Waals surface area (Å²) in [5.74, 6) is 1.30. The van der Waals surface area contributed by atoms with Crippen molar-refractivity contribution < 1.29 is 13.9 Å². The number of hydrogen-bond acceptors (Lipinski definition) is 8. The van der Waals surface area contributed by atoms with Crippen molar-refractivity contribution >= 4 is 23.5 Å². The first-order valence-corrected chi connectivity index (χ1v) is 12.1. The number of aromatic nitrogens is 7. The average Bonchev–Trinajstić information content (AvgIpc) is 3.57. The van der Waals surface area contributed by atoms with E-state index in [-0.39, 0.29) is 5.54 Å². The minimum absolute atomic E-state index is 0.0883. The highest BCUT2D eigenvalue weighted by atomic mass is 19.1. The van der Waals surface area contributed by atoms with Crippen LogP contribution < -0.4 is 10.6 Å². The van der Waals surface area contributed by atoms with Gasteiger partial charge in [-0.2, -0.15) is 5.10 Å². The van der Waals surface area contributed by atoms with Crippen LogP contribution in [0, 0.1) is 5.92 Å². The number of halogens is 1. The lowest BCUT2D eigenvalue weighted by Crippen LogP contribution is -2.68. The van der Waals surface area contributed by atoms with E-state index in [4.69, 9.17) is 4.74 Å². The van der Waals surface area contributed by atoms with Crippen LogP contribution in [0.1, 0.15) is 43.7 Å². The lowest BCUT2D eigenvalue weighted by Gasteiger charge is -2.61. The van der Waals surface area contributed by atoms with E-state index in [0.717, 1.165) is 30.7 Å². The van der Waals surface area contributed by atoms with Crippen molar-refractivity contribution in [3.05, 3.63) is 48.9 Å². The molecule has 11 nitrogen and oxygen atoms in total. The Morgan fingerprint density at radius 3 is 2.81 bits per heavy atom. The fourth-order valence-corrected chi connectivity index (χ4v) is 5.68. The third-order valence-electron chi connectivity index (χ3n) is 7.65. The van der Waals surface area contributed by atoms with Gasteiger partial charge in [-0.25, -0.2) is 29.1 Å². The average molecular weight is 490 g/mol. The molecule has 0 unspecified atom stereocenters. The summed E-state index contributed by atoms with van der Waals surface area (Å²) in [6.07, 6.45) is 9.78. The number of anilines is 2. The van der Waals surface area contributed by atoms with E-state index in [1.807, 2.05) is 6.07 Å². The van der Waals surface area contributed by atoms with Crippen molar-refractivity contribution in [3.8, 4) is 11.3 Å². The van der Waals surface area contributed by atoms with Crippen molar-refractivity contribution in [3.63, 3.8) is 0 Å². The summed E-state index contributed by atoms with van der Waals surface area (Å²) in [5, 5.41) is 13.4. The van der Waals surface area contributed by atoms with Gasteiger partial charge in [0.25, 0.3) is 0 Å². The number of H-pyrrole nitrogens is 1. The summed E-state index contributed by atoms with van der Waals surface area (Å²) < 4.78 is 22.5. The first kappa shape index (κ1) is 21.2. The molecule has 8 rings (SSSR count). The highest BCUT2D eigenvalue weighted by molar-refractivity contribution is 5.69. The fraction of sp³-hybridized carbons (Fsp3) is 0.417. The molecule has 4 fully saturated rings. The number of imidazole rings is 1. The van der Waals surface area contributed by atoms with Crippen LogP contribution >= 0.6 is 0 Å². The molecule has 4 aromatic heterocycles. The summed E-state index contributed by atoms with van der Waals surface area (Å²) in [4.78, 5) is 29.5. The molecule has 36 heavy (non-hydrogen) atoms. The monoisotopic (exact) mass is 489 g/mol. The summed E-state index contributed by atoms with van der Waals surface area (Å²) >= 11 is 0. The molecule has 2 bridgehead atoms. The third kappa shape index (κ3) is 3.55. The first-order valence-electron chi connectivity index (χ1n) is 12.1. The van der Waals surface area contributed by atoms with Crippen LogP contribution in [-0.2, 0) is 4.74 Å². The van der Waals surface area contributed by atoms with Crippen molar-refractivity contribution in [2.75, 3.05) is 5.32 Å². The highest BCUT2D eigenvalue weighted by Gasteiger charge is 2.58. The summed E-state index contributed by atoms with van der Waals surface area (Å²) in [6, 6.07) is 3.61. The van der Waals surface area contributed by atoms with E-state index in [9.17, 15) is 4.79 Å². The number of nitrogens with zero attached hydrogens (tertiary/aromatic N) is 6. The molecule has 1 amide bonds. The van der Waals surface area contributed by atoms with E-state index in [0.29, 0.717) is 41.6 Å². The molecule has 3 N–H and O–H groups in total. The standard InChI is InChI=1S/C24H24FN9O2/c25-21-15(1-2-18(21)36-23(35)31-24-7-13(8-24)9-24)17-5-19(33-32-17)30-22-29-16(14-10-26-12-27-11-14)6-20-28-3-4-34(20)22/h3-6,10-13,15,18,21H,1-2,7-9H2,(H,31,35)(H2,29,30,32,33)/t13?,15-,18-,21-,24?/m1/s1. The number of alkyl halides is 1. The molecule has 4 aromatic rings. The Morgan fingerprint density at radius 2 is 2.03 bits per heavy atom. The molecule has 3 atom stereocenters. The summed E-state index contributed by atoms with van der Waals surface area (Å²) in [7, 11) is 0. The molecule has 12 heteroatoms. The van der Waals surface area contributed by atoms with Crippen LogP contribution in [-0.4, -0.2) is 58.4 Å². The molecule has 0 aliphatic heterocycles. The Morgan fingerprint density at radius 1 is 1.19 bits per heavy atom. The number of aromatic amines is 1. The molecule has 4 aliphatic rings. The number of carbonyl (C=O) groups is 1. The largest absolute Gasteiger partial charge is 0.443 e. The van der Waals surface area contributed by atoms with E-state index < -0.39 is 24.3 Å². The van der Waals surface area contributed by atoms with Gasteiger partial charge in [-0.05, 0) is 38.0 Å². The molecule has 4 heterocycles. The number of ether oxygens (including phenoxy) is 1. The van der Waals surface area contributed by atoms with Crippen LogP contribution in [0.3, 0.4) is 0 Å². The van der Waals surface area contributed by atoms with Crippen molar-refractivity contribution in [2.45, 2.75) is 55.8 Å². The lowest BCUT2D eigenvalue weighted by molar-refractivity contribution is -0.0532. The van der Waals surface area contributed by atoms with Crippen molar-refractivity contribution in [1.29, 1.82) is 0 Å². The van der Waals surface area contributed by atoms with E-state index in [2.05, 4.69) is 40.8 Å². The first-order chi connectivity index (χ1) is 17.6. The second-order valence-corrected chi connectivity index (χ2v) is 10.0. The smallest absolute Gasteiger partial charge is 0.407 e. The minimum Gasteiger partial charge on any atom is -0.443 e. The van der Waals surface area contributed by atoms with Gasteiger partial charge in [-0.1, -0.05) is 0 Å². The maximum absolute atomic E-state index is 15.3. The van der Waals surface area contributed by atoms with Gasteiger partial charge in [0.1, 0.15) is 24.3 Å². The number of hydrogen-bond donors (Lipinski definition) is 3. The molecule has 0 aromatic carbocycles. The van der Waals surface area contributed by atoms with Crippen molar-refractivity contribution in [2.24, 2.45) is 5.92 Å². The fourth-order valence-electron chi connectivity index (χ4n) is 5.68.